The highest BCUT2D eigenvalue weighted by atomic mass is 19.3. The number of hydrogen-bond acceptors (Lipinski definition) is 5. The summed E-state index contributed by atoms with van der Waals surface area (Å²) in [4.78, 5) is 4.63. The Morgan fingerprint density at radius 1 is 0.875 bits per heavy atom. The van der Waals surface area contributed by atoms with Crippen molar-refractivity contribution >= 4 is 22.1 Å². The topological polar surface area (TPSA) is 41.5 Å². The van der Waals surface area contributed by atoms with Gasteiger partial charge in [0.2, 0.25) is 5.88 Å². The van der Waals surface area contributed by atoms with E-state index in [1.165, 1.54) is 22.4 Å². The van der Waals surface area contributed by atoms with Gasteiger partial charge >= 0.3 is 6.61 Å². The van der Waals surface area contributed by atoms with Gasteiger partial charge in [-0.05, 0) is 53.7 Å². The smallest absolute Gasteiger partial charge is 0.388 e. The van der Waals surface area contributed by atoms with Crippen LogP contribution in [0.1, 0.15) is 5.56 Å². The molecule has 32 heavy (non-hydrogen) atoms. The summed E-state index contributed by atoms with van der Waals surface area (Å²) in [7, 11) is 2.11. The molecule has 4 aromatic rings. The lowest BCUT2D eigenvalue weighted by molar-refractivity contribution is -0.0534. The minimum atomic E-state index is -2.92. The summed E-state index contributed by atoms with van der Waals surface area (Å²) >= 11 is 0. The molecular formula is C25H22F2N4O. The van der Waals surface area contributed by atoms with Gasteiger partial charge in [-0.3, -0.25) is 0 Å². The number of benzene rings is 3. The Bertz CT molecular complexity index is 1250. The van der Waals surface area contributed by atoms with Crippen LogP contribution >= 0.6 is 0 Å². The lowest BCUT2D eigenvalue weighted by Crippen LogP contribution is -2.26. The third-order valence-corrected chi connectivity index (χ3v) is 5.71. The van der Waals surface area contributed by atoms with Crippen LogP contribution in [0.5, 0.6) is 5.88 Å². The van der Waals surface area contributed by atoms with Crippen molar-refractivity contribution in [2.45, 2.75) is 13.2 Å². The third kappa shape index (κ3) is 4.11. The van der Waals surface area contributed by atoms with Gasteiger partial charge in [-0.1, -0.05) is 36.4 Å². The minimum Gasteiger partial charge on any atom is -0.415 e. The van der Waals surface area contributed by atoms with Crippen LogP contribution in [-0.2, 0) is 6.54 Å². The second-order valence-corrected chi connectivity index (χ2v) is 7.90. The molecule has 0 saturated heterocycles. The number of hydrogen-bond donors (Lipinski definition) is 0. The van der Waals surface area contributed by atoms with Crippen molar-refractivity contribution < 1.29 is 13.5 Å². The molecule has 0 unspecified atom stereocenters. The molecule has 1 aromatic heterocycles. The Morgan fingerprint density at radius 2 is 1.72 bits per heavy atom. The van der Waals surface area contributed by atoms with Crippen LogP contribution in [0.25, 0.3) is 22.0 Å². The van der Waals surface area contributed by atoms with Gasteiger partial charge in [0.05, 0.1) is 5.69 Å². The SMILES string of the molecule is CN1CCN(c2ccc3ccccc3c2)c2ccc(-c3ccc(OC(F)F)nn3)cc2C1. The van der Waals surface area contributed by atoms with Crippen LogP contribution in [0.15, 0.2) is 72.8 Å². The monoisotopic (exact) mass is 432 g/mol. The van der Waals surface area contributed by atoms with Crippen molar-refractivity contribution in [3.63, 3.8) is 0 Å². The Hall–Kier alpha value is -3.58. The summed E-state index contributed by atoms with van der Waals surface area (Å²) in [5.74, 6) is -0.194. The Balaban J connectivity index is 1.51. The van der Waals surface area contributed by atoms with E-state index in [2.05, 4.69) is 86.4 Å². The first-order valence-corrected chi connectivity index (χ1v) is 10.4. The first kappa shape index (κ1) is 20.3. The largest absolute Gasteiger partial charge is 0.415 e. The van der Waals surface area contributed by atoms with E-state index in [0.29, 0.717) is 5.69 Å². The van der Waals surface area contributed by atoms with Crippen molar-refractivity contribution in [3.8, 4) is 17.1 Å². The maximum atomic E-state index is 12.4. The van der Waals surface area contributed by atoms with Gasteiger partial charge in [0.15, 0.2) is 0 Å². The van der Waals surface area contributed by atoms with E-state index in [-0.39, 0.29) is 5.88 Å². The van der Waals surface area contributed by atoms with E-state index in [0.717, 1.165) is 36.6 Å². The molecule has 7 heteroatoms. The van der Waals surface area contributed by atoms with Gasteiger partial charge in [-0.25, -0.2) is 0 Å². The molecule has 3 aromatic carbocycles. The predicted octanol–water partition coefficient (Wildman–Crippen LogP) is 5.48. The van der Waals surface area contributed by atoms with Crippen LogP contribution in [-0.4, -0.2) is 41.8 Å². The molecular weight excluding hydrogens is 410 g/mol. The van der Waals surface area contributed by atoms with Crippen molar-refractivity contribution in [2.75, 3.05) is 25.0 Å². The van der Waals surface area contributed by atoms with Gasteiger partial charge in [0.1, 0.15) is 0 Å². The molecule has 0 N–H and O–H groups in total. The number of alkyl halides is 2. The second kappa shape index (κ2) is 8.51. The number of nitrogens with zero attached hydrogens (tertiary/aromatic N) is 4. The molecule has 0 saturated carbocycles. The summed E-state index contributed by atoms with van der Waals surface area (Å²) in [5, 5.41) is 10.3. The highest BCUT2D eigenvalue weighted by Gasteiger charge is 2.20. The molecule has 1 aliphatic heterocycles. The van der Waals surface area contributed by atoms with Gasteiger partial charge in [-0.2, -0.15) is 8.78 Å². The van der Waals surface area contributed by atoms with E-state index in [9.17, 15) is 8.78 Å². The van der Waals surface area contributed by atoms with Crippen LogP contribution in [0.2, 0.25) is 0 Å². The standard InChI is InChI=1S/C25H22F2N4O/c1-30-12-13-31(21-8-6-17-4-2-3-5-18(17)15-21)23-10-7-19(14-20(23)16-30)22-9-11-24(29-28-22)32-25(26)27/h2-11,14-15,25H,12-13,16H2,1H3. The molecule has 0 amide bonds. The zero-order chi connectivity index (χ0) is 22.1. The van der Waals surface area contributed by atoms with Crippen molar-refractivity contribution in [2.24, 2.45) is 0 Å². The fraction of sp³-hybridized carbons (Fsp3) is 0.200. The summed E-state index contributed by atoms with van der Waals surface area (Å²) < 4.78 is 29.0. The molecule has 0 bridgehead atoms. The molecule has 1 aliphatic rings. The van der Waals surface area contributed by atoms with Gasteiger partial charge in [0.25, 0.3) is 0 Å². The van der Waals surface area contributed by atoms with Crippen molar-refractivity contribution in [3.05, 3.63) is 78.4 Å². The van der Waals surface area contributed by atoms with Crippen LogP contribution in [0.3, 0.4) is 0 Å². The van der Waals surface area contributed by atoms with Gasteiger partial charge in [0, 0.05) is 42.6 Å². The molecule has 5 rings (SSSR count). The van der Waals surface area contributed by atoms with E-state index < -0.39 is 6.61 Å². The van der Waals surface area contributed by atoms with E-state index in [4.69, 9.17) is 0 Å². The molecule has 0 spiro atoms. The normalized spacial score (nSPS) is 14.4. The highest BCUT2D eigenvalue weighted by molar-refractivity contribution is 5.87. The molecule has 2 heterocycles. The maximum Gasteiger partial charge on any atom is 0.388 e. The zero-order valence-electron chi connectivity index (χ0n) is 17.6. The Kier molecular flexibility index (Phi) is 5.41. The average molecular weight is 432 g/mol. The second-order valence-electron chi connectivity index (χ2n) is 7.90. The number of rotatable bonds is 4. The number of anilines is 2. The lowest BCUT2D eigenvalue weighted by Gasteiger charge is -2.25. The van der Waals surface area contributed by atoms with Gasteiger partial charge in [-0.15, -0.1) is 10.2 Å². The first-order valence-electron chi connectivity index (χ1n) is 10.4. The number of halogens is 2. The van der Waals surface area contributed by atoms with E-state index in [1.54, 1.807) is 6.07 Å². The Morgan fingerprint density at radius 3 is 2.50 bits per heavy atom. The van der Waals surface area contributed by atoms with Crippen molar-refractivity contribution in [1.82, 2.24) is 15.1 Å². The third-order valence-electron chi connectivity index (χ3n) is 5.71. The molecule has 0 aliphatic carbocycles. The number of fused-ring (bicyclic) bond motifs is 2. The molecule has 0 atom stereocenters. The number of aromatic nitrogens is 2. The van der Waals surface area contributed by atoms with Gasteiger partial charge < -0.3 is 14.5 Å². The van der Waals surface area contributed by atoms with Crippen molar-refractivity contribution in [1.29, 1.82) is 0 Å². The molecule has 5 nitrogen and oxygen atoms in total. The lowest BCUT2D eigenvalue weighted by atomic mass is 10.0. The van der Waals surface area contributed by atoms with Crippen LogP contribution in [0, 0.1) is 0 Å². The van der Waals surface area contributed by atoms with E-state index in [1.807, 2.05) is 6.07 Å². The molecule has 0 radical (unpaired) electrons. The zero-order valence-corrected chi connectivity index (χ0v) is 17.6. The molecule has 162 valence electrons. The fourth-order valence-electron chi connectivity index (χ4n) is 4.14. The fourth-order valence-corrected chi connectivity index (χ4v) is 4.14. The number of ether oxygens (including phenoxy) is 1. The number of likely N-dealkylation sites (N-methyl/N-ethyl adjacent to an activating group) is 1. The van der Waals surface area contributed by atoms with Crippen LogP contribution < -0.4 is 9.64 Å². The predicted molar refractivity (Wildman–Crippen MR) is 121 cm³/mol. The highest BCUT2D eigenvalue weighted by Crippen LogP contribution is 2.35. The summed E-state index contributed by atoms with van der Waals surface area (Å²) in [6, 6.07) is 24.2. The molecule has 0 fully saturated rings. The average Bonchev–Trinajstić information content (AvgIpc) is 2.96. The maximum absolute atomic E-state index is 12.4. The van der Waals surface area contributed by atoms with Crippen LogP contribution in [0.4, 0.5) is 20.2 Å². The summed E-state index contributed by atoms with van der Waals surface area (Å²) in [6.07, 6.45) is 0. The first-order chi connectivity index (χ1) is 15.6. The quantitative estimate of drug-likeness (QED) is 0.427. The minimum absolute atomic E-state index is 0.194. The Labute approximate surface area is 184 Å². The van der Waals surface area contributed by atoms with E-state index >= 15 is 0 Å². The summed E-state index contributed by atoms with van der Waals surface area (Å²) in [6.45, 7) is -0.316. The summed E-state index contributed by atoms with van der Waals surface area (Å²) in [5.41, 5.74) is 4.97.